The molecule has 86 valence electrons. The van der Waals surface area contributed by atoms with Crippen LogP contribution in [0.2, 0.25) is 0 Å². The fraction of sp³-hybridized carbons (Fsp3) is 0.0909. The Kier molecular flexibility index (Phi) is 2.36. The maximum Gasteiger partial charge on any atom is 0.350 e. The SMILES string of the molecule is O=c1n(Cc2ccc(Br)o2)nc2ccccn12. The monoisotopic (exact) mass is 293 g/mol. The third-order valence-electron chi connectivity index (χ3n) is 2.42. The summed E-state index contributed by atoms with van der Waals surface area (Å²) in [5, 5.41) is 4.21. The zero-order valence-corrected chi connectivity index (χ0v) is 10.3. The lowest BCUT2D eigenvalue weighted by Gasteiger charge is -1.93. The molecular weight excluding hydrogens is 286 g/mol. The van der Waals surface area contributed by atoms with E-state index in [4.69, 9.17) is 4.42 Å². The molecule has 3 aromatic rings. The van der Waals surface area contributed by atoms with Crippen LogP contribution in [-0.2, 0) is 6.54 Å². The number of furan rings is 1. The first-order chi connectivity index (χ1) is 8.24. The first-order valence-electron chi connectivity index (χ1n) is 5.02. The van der Waals surface area contributed by atoms with Crippen LogP contribution in [0, 0.1) is 0 Å². The lowest BCUT2D eigenvalue weighted by molar-refractivity contribution is 0.458. The van der Waals surface area contributed by atoms with Gasteiger partial charge in [0.1, 0.15) is 12.3 Å². The van der Waals surface area contributed by atoms with Crippen molar-refractivity contribution in [1.29, 1.82) is 0 Å². The number of nitrogens with zero attached hydrogens (tertiary/aromatic N) is 3. The highest BCUT2D eigenvalue weighted by molar-refractivity contribution is 9.10. The standard InChI is InChI=1S/C11H8BrN3O2/c12-9-5-4-8(17-9)7-15-11(16)14-6-2-1-3-10(14)13-15/h1-6H,7H2. The van der Waals surface area contributed by atoms with E-state index >= 15 is 0 Å². The van der Waals surface area contributed by atoms with E-state index in [0.29, 0.717) is 22.6 Å². The average molecular weight is 294 g/mol. The molecule has 0 N–H and O–H groups in total. The van der Waals surface area contributed by atoms with Gasteiger partial charge in [0.2, 0.25) is 0 Å². The number of hydrogen-bond acceptors (Lipinski definition) is 3. The van der Waals surface area contributed by atoms with Gasteiger partial charge >= 0.3 is 5.69 Å². The second-order valence-electron chi connectivity index (χ2n) is 3.57. The van der Waals surface area contributed by atoms with Gasteiger partial charge in [0.15, 0.2) is 10.3 Å². The van der Waals surface area contributed by atoms with Crippen LogP contribution in [0.3, 0.4) is 0 Å². The van der Waals surface area contributed by atoms with Gasteiger partial charge in [-0.05, 0) is 40.2 Å². The Bertz CT molecular complexity index is 725. The minimum atomic E-state index is -0.173. The topological polar surface area (TPSA) is 52.4 Å². The predicted molar refractivity (Wildman–Crippen MR) is 65.0 cm³/mol. The van der Waals surface area contributed by atoms with Crippen molar-refractivity contribution in [1.82, 2.24) is 14.2 Å². The molecule has 5 nitrogen and oxygen atoms in total. The summed E-state index contributed by atoms with van der Waals surface area (Å²) in [6, 6.07) is 9.02. The van der Waals surface area contributed by atoms with Crippen molar-refractivity contribution in [2.45, 2.75) is 6.54 Å². The zero-order valence-electron chi connectivity index (χ0n) is 8.71. The first kappa shape index (κ1) is 10.3. The van der Waals surface area contributed by atoms with Crippen molar-refractivity contribution < 1.29 is 4.42 Å². The van der Waals surface area contributed by atoms with Crippen molar-refractivity contribution in [3.8, 4) is 0 Å². The molecule has 0 atom stereocenters. The lowest BCUT2D eigenvalue weighted by Crippen LogP contribution is -2.21. The average Bonchev–Trinajstić information content (AvgIpc) is 2.86. The lowest BCUT2D eigenvalue weighted by atomic mass is 10.4. The Labute approximate surface area is 104 Å². The molecule has 0 saturated carbocycles. The number of pyridine rings is 1. The van der Waals surface area contributed by atoms with Crippen molar-refractivity contribution in [3.05, 3.63) is 57.4 Å². The van der Waals surface area contributed by atoms with Crippen LogP contribution in [0.15, 0.2) is 50.4 Å². The summed E-state index contributed by atoms with van der Waals surface area (Å²) in [6.07, 6.45) is 1.69. The van der Waals surface area contributed by atoms with E-state index in [-0.39, 0.29) is 5.69 Å². The van der Waals surface area contributed by atoms with Gasteiger partial charge in [-0.15, -0.1) is 5.10 Å². The van der Waals surface area contributed by atoms with Crippen LogP contribution in [0.25, 0.3) is 5.65 Å². The Morgan fingerprint density at radius 1 is 1.29 bits per heavy atom. The van der Waals surface area contributed by atoms with Gasteiger partial charge in [0.05, 0.1) is 0 Å². The maximum atomic E-state index is 11.9. The van der Waals surface area contributed by atoms with Crippen molar-refractivity contribution in [2.75, 3.05) is 0 Å². The summed E-state index contributed by atoms with van der Waals surface area (Å²) in [5.41, 5.74) is 0.455. The van der Waals surface area contributed by atoms with Crippen LogP contribution in [-0.4, -0.2) is 14.2 Å². The van der Waals surface area contributed by atoms with Gasteiger partial charge in [-0.2, -0.15) is 0 Å². The summed E-state index contributed by atoms with van der Waals surface area (Å²) < 4.78 is 8.86. The molecule has 3 aromatic heterocycles. The molecule has 0 fully saturated rings. The molecule has 0 aromatic carbocycles. The zero-order chi connectivity index (χ0) is 11.8. The van der Waals surface area contributed by atoms with E-state index < -0.39 is 0 Å². The molecule has 0 radical (unpaired) electrons. The second-order valence-corrected chi connectivity index (χ2v) is 4.36. The summed E-state index contributed by atoms with van der Waals surface area (Å²) >= 11 is 3.22. The largest absolute Gasteiger partial charge is 0.452 e. The Morgan fingerprint density at radius 2 is 2.18 bits per heavy atom. The number of halogens is 1. The van der Waals surface area contributed by atoms with E-state index in [9.17, 15) is 4.79 Å². The van der Waals surface area contributed by atoms with Gasteiger partial charge < -0.3 is 4.42 Å². The van der Waals surface area contributed by atoms with Crippen molar-refractivity contribution in [3.63, 3.8) is 0 Å². The normalized spacial score (nSPS) is 11.1. The smallest absolute Gasteiger partial charge is 0.350 e. The van der Waals surface area contributed by atoms with E-state index in [1.165, 1.54) is 9.08 Å². The summed E-state index contributed by atoms with van der Waals surface area (Å²) in [4.78, 5) is 11.9. The van der Waals surface area contributed by atoms with Crippen LogP contribution in [0.5, 0.6) is 0 Å². The fourth-order valence-corrected chi connectivity index (χ4v) is 2.00. The highest BCUT2D eigenvalue weighted by Crippen LogP contribution is 2.14. The number of fused-ring (bicyclic) bond motifs is 1. The minimum absolute atomic E-state index is 0.173. The number of rotatable bonds is 2. The molecule has 0 amide bonds. The van der Waals surface area contributed by atoms with Gasteiger partial charge in [0.25, 0.3) is 0 Å². The van der Waals surface area contributed by atoms with Crippen LogP contribution in [0.1, 0.15) is 5.76 Å². The Balaban J connectivity index is 2.06. The number of hydrogen-bond donors (Lipinski definition) is 0. The van der Waals surface area contributed by atoms with Gasteiger partial charge in [-0.25, -0.2) is 9.48 Å². The highest BCUT2D eigenvalue weighted by Gasteiger charge is 2.08. The summed E-state index contributed by atoms with van der Waals surface area (Å²) in [7, 11) is 0. The van der Waals surface area contributed by atoms with Gasteiger partial charge in [-0.1, -0.05) is 6.07 Å². The van der Waals surface area contributed by atoms with Gasteiger partial charge in [0, 0.05) is 6.20 Å². The second kappa shape index (κ2) is 3.89. The molecule has 0 unspecified atom stereocenters. The Morgan fingerprint density at radius 3 is 2.88 bits per heavy atom. The highest BCUT2D eigenvalue weighted by atomic mass is 79.9. The van der Waals surface area contributed by atoms with E-state index in [0.717, 1.165) is 0 Å². The molecule has 6 heteroatoms. The number of aromatic nitrogens is 3. The minimum Gasteiger partial charge on any atom is -0.452 e. The molecule has 0 aliphatic heterocycles. The predicted octanol–water partition coefficient (Wildman–Crippen LogP) is 1.90. The van der Waals surface area contributed by atoms with Crippen LogP contribution >= 0.6 is 15.9 Å². The molecule has 0 saturated heterocycles. The molecule has 0 bridgehead atoms. The third kappa shape index (κ3) is 1.80. The quantitative estimate of drug-likeness (QED) is 0.725. The fourth-order valence-electron chi connectivity index (χ4n) is 1.66. The first-order valence-corrected chi connectivity index (χ1v) is 5.82. The molecular formula is C11H8BrN3O2. The third-order valence-corrected chi connectivity index (χ3v) is 2.85. The van der Waals surface area contributed by atoms with E-state index in [2.05, 4.69) is 21.0 Å². The van der Waals surface area contributed by atoms with E-state index in [1.807, 2.05) is 6.07 Å². The Hall–Kier alpha value is -1.82. The maximum absolute atomic E-state index is 11.9. The molecule has 3 heterocycles. The van der Waals surface area contributed by atoms with Crippen LogP contribution < -0.4 is 5.69 Å². The molecule has 0 aliphatic carbocycles. The van der Waals surface area contributed by atoms with Crippen molar-refractivity contribution >= 4 is 21.6 Å². The molecule has 3 rings (SSSR count). The molecule has 0 spiro atoms. The summed E-state index contributed by atoms with van der Waals surface area (Å²) in [5.74, 6) is 0.683. The van der Waals surface area contributed by atoms with E-state index in [1.54, 1.807) is 30.5 Å². The molecule has 17 heavy (non-hydrogen) atoms. The van der Waals surface area contributed by atoms with Crippen LogP contribution in [0.4, 0.5) is 0 Å². The van der Waals surface area contributed by atoms with Gasteiger partial charge in [-0.3, -0.25) is 4.40 Å². The molecule has 0 aliphatic rings. The summed E-state index contributed by atoms with van der Waals surface area (Å²) in [6.45, 7) is 0.326. The van der Waals surface area contributed by atoms with Crippen molar-refractivity contribution in [2.24, 2.45) is 0 Å².